The molecule has 4 rings (SSSR count). The van der Waals surface area contributed by atoms with Crippen LogP contribution < -0.4 is 0 Å². The Morgan fingerprint density at radius 1 is 0.609 bits per heavy atom. The lowest BCUT2D eigenvalue weighted by Crippen LogP contribution is -1.99. The summed E-state index contributed by atoms with van der Waals surface area (Å²) in [7, 11) is 0. The summed E-state index contributed by atoms with van der Waals surface area (Å²) < 4.78 is 0. The zero-order valence-electron chi connectivity index (χ0n) is 12.8. The van der Waals surface area contributed by atoms with Crippen LogP contribution in [-0.2, 0) is 0 Å². The van der Waals surface area contributed by atoms with Crippen molar-refractivity contribution in [1.82, 2.24) is 0 Å². The number of benzene rings is 3. The Morgan fingerprint density at radius 2 is 1.22 bits per heavy atom. The van der Waals surface area contributed by atoms with E-state index < -0.39 is 0 Å². The van der Waals surface area contributed by atoms with Crippen molar-refractivity contribution < 1.29 is 0 Å². The van der Waals surface area contributed by atoms with Crippen molar-refractivity contribution >= 4 is 17.9 Å². The summed E-state index contributed by atoms with van der Waals surface area (Å²) in [5.74, 6) is 0. The molecule has 1 heterocycles. The molecule has 1 atom stereocenters. The first-order valence-corrected chi connectivity index (χ1v) is 7.86. The number of hydrogen-bond donors (Lipinski definition) is 0. The number of rotatable bonds is 2. The van der Waals surface area contributed by atoms with Crippen LogP contribution in [-0.4, -0.2) is 6.21 Å². The van der Waals surface area contributed by atoms with Crippen LogP contribution in [0.25, 0.3) is 11.6 Å². The van der Waals surface area contributed by atoms with E-state index in [2.05, 4.69) is 84.9 Å². The van der Waals surface area contributed by atoms with Gasteiger partial charge in [-0.05, 0) is 33.9 Å². The molecule has 0 aliphatic carbocycles. The summed E-state index contributed by atoms with van der Waals surface area (Å²) >= 11 is 0. The maximum atomic E-state index is 4.90. The Morgan fingerprint density at radius 3 is 1.96 bits per heavy atom. The highest BCUT2D eigenvalue weighted by Crippen LogP contribution is 2.36. The molecular formula is C22H17N. The minimum atomic E-state index is 0.0194. The molecule has 1 unspecified atom stereocenters. The van der Waals surface area contributed by atoms with E-state index >= 15 is 0 Å². The van der Waals surface area contributed by atoms with Crippen LogP contribution in [0.5, 0.6) is 0 Å². The molecule has 1 nitrogen and oxygen atoms in total. The van der Waals surface area contributed by atoms with Gasteiger partial charge in [-0.2, -0.15) is 0 Å². The van der Waals surface area contributed by atoms with E-state index in [1.165, 1.54) is 27.8 Å². The molecule has 1 heteroatoms. The van der Waals surface area contributed by atoms with Crippen LogP contribution in [0.15, 0.2) is 89.9 Å². The van der Waals surface area contributed by atoms with Gasteiger partial charge in [0.25, 0.3) is 0 Å². The van der Waals surface area contributed by atoms with Gasteiger partial charge in [-0.1, -0.05) is 84.9 Å². The molecule has 0 saturated carbocycles. The molecular weight excluding hydrogens is 278 g/mol. The van der Waals surface area contributed by atoms with Gasteiger partial charge in [-0.3, -0.25) is 4.99 Å². The van der Waals surface area contributed by atoms with E-state index in [4.69, 9.17) is 4.99 Å². The summed E-state index contributed by atoms with van der Waals surface area (Å²) in [5, 5.41) is 0. The van der Waals surface area contributed by atoms with Gasteiger partial charge in [0.2, 0.25) is 0 Å². The van der Waals surface area contributed by atoms with Crippen LogP contribution in [0, 0.1) is 0 Å². The van der Waals surface area contributed by atoms with Crippen molar-refractivity contribution in [3.63, 3.8) is 0 Å². The summed E-state index contributed by atoms with van der Waals surface area (Å²) in [6.45, 7) is 0. The first kappa shape index (κ1) is 13.7. The predicted molar refractivity (Wildman–Crippen MR) is 97.5 cm³/mol. The molecule has 0 bridgehead atoms. The minimum Gasteiger partial charge on any atom is -0.280 e. The standard InChI is InChI=1S/C22H17N/c1-3-9-17(10-4-1)21-15-19-13-7-8-14-20(19)16-23-22(21)18-11-5-2-6-12-18/h1-16,22H. The normalized spacial score (nSPS) is 16.3. The highest BCUT2D eigenvalue weighted by Gasteiger charge is 2.19. The number of fused-ring (bicyclic) bond motifs is 1. The molecule has 3 aromatic rings. The molecule has 110 valence electrons. The summed E-state index contributed by atoms with van der Waals surface area (Å²) in [4.78, 5) is 4.90. The van der Waals surface area contributed by atoms with Gasteiger partial charge in [0.15, 0.2) is 0 Å². The third-order valence-corrected chi connectivity index (χ3v) is 4.19. The maximum absolute atomic E-state index is 4.90. The van der Waals surface area contributed by atoms with Gasteiger partial charge in [0.05, 0.1) is 0 Å². The molecule has 3 aromatic carbocycles. The monoisotopic (exact) mass is 295 g/mol. The largest absolute Gasteiger partial charge is 0.280 e. The Bertz CT molecular complexity index is 861. The fourth-order valence-corrected chi connectivity index (χ4v) is 3.01. The van der Waals surface area contributed by atoms with E-state index in [-0.39, 0.29) is 6.04 Å². The second-order valence-electron chi connectivity index (χ2n) is 5.69. The van der Waals surface area contributed by atoms with Crippen LogP contribution in [0.2, 0.25) is 0 Å². The van der Waals surface area contributed by atoms with Crippen molar-refractivity contribution in [2.24, 2.45) is 4.99 Å². The summed E-state index contributed by atoms with van der Waals surface area (Å²) in [5.41, 5.74) is 6.05. The maximum Gasteiger partial charge on any atom is 0.101 e. The quantitative estimate of drug-likeness (QED) is 0.600. The van der Waals surface area contributed by atoms with Crippen molar-refractivity contribution in [3.05, 3.63) is 107 Å². The molecule has 0 radical (unpaired) electrons. The lowest BCUT2D eigenvalue weighted by atomic mass is 9.92. The Kier molecular flexibility index (Phi) is 3.61. The van der Waals surface area contributed by atoms with Crippen LogP contribution in [0.4, 0.5) is 0 Å². The second kappa shape index (κ2) is 6.05. The van der Waals surface area contributed by atoms with Gasteiger partial charge in [0.1, 0.15) is 6.04 Å². The van der Waals surface area contributed by atoms with Crippen LogP contribution in [0.3, 0.4) is 0 Å². The molecule has 1 aliphatic heterocycles. The topological polar surface area (TPSA) is 12.4 Å². The van der Waals surface area contributed by atoms with Gasteiger partial charge < -0.3 is 0 Å². The van der Waals surface area contributed by atoms with E-state index in [0.717, 1.165) is 0 Å². The highest BCUT2D eigenvalue weighted by atomic mass is 14.8. The number of aliphatic imine (C=N–C) groups is 1. The molecule has 23 heavy (non-hydrogen) atoms. The Balaban J connectivity index is 1.92. The molecule has 0 amide bonds. The average Bonchev–Trinajstić information content (AvgIpc) is 2.83. The molecule has 0 fully saturated rings. The van der Waals surface area contributed by atoms with Crippen molar-refractivity contribution in [1.29, 1.82) is 0 Å². The lowest BCUT2D eigenvalue weighted by molar-refractivity contribution is 0.945. The molecule has 0 N–H and O–H groups in total. The van der Waals surface area contributed by atoms with Gasteiger partial charge in [0, 0.05) is 6.21 Å². The van der Waals surface area contributed by atoms with E-state index in [1.807, 2.05) is 12.3 Å². The summed E-state index contributed by atoms with van der Waals surface area (Å²) in [6.07, 6.45) is 4.27. The summed E-state index contributed by atoms with van der Waals surface area (Å²) in [6, 6.07) is 29.4. The highest BCUT2D eigenvalue weighted by molar-refractivity contribution is 5.95. The fourth-order valence-electron chi connectivity index (χ4n) is 3.01. The van der Waals surface area contributed by atoms with Crippen LogP contribution >= 0.6 is 0 Å². The first-order valence-electron chi connectivity index (χ1n) is 7.86. The zero-order valence-corrected chi connectivity index (χ0v) is 12.8. The number of nitrogens with zero attached hydrogens (tertiary/aromatic N) is 1. The van der Waals surface area contributed by atoms with E-state index in [0.29, 0.717) is 0 Å². The molecule has 0 aromatic heterocycles. The molecule has 1 aliphatic rings. The third kappa shape index (κ3) is 2.74. The molecule has 0 saturated heterocycles. The smallest absolute Gasteiger partial charge is 0.101 e. The van der Waals surface area contributed by atoms with E-state index in [9.17, 15) is 0 Å². The van der Waals surface area contributed by atoms with Crippen molar-refractivity contribution in [2.45, 2.75) is 6.04 Å². The Labute approximate surface area is 136 Å². The van der Waals surface area contributed by atoms with E-state index in [1.54, 1.807) is 0 Å². The minimum absolute atomic E-state index is 0.0194. The van der Waals surface area contributed by atoms with Gasteiger partial charge >= 0.3 is 0 Å². The second-order valence-corrected chi connectivity index (χ2v) is 5.69. The van der Waals surface area contributed by atoms with Crippen LogP contribution in [0.1, 0.15) is 28.3 Å². The third-order valence-electron chi connectivity index (χ3n) is 4.19. The SMILES string of the molecule is C1=NC(c2ccccc2)C(c2ccccc2)=Cc2ccccc21. The van der Waals surface area contributed by atoms with Gasteiger partial charge in [-0.15, -0.1) is 0 Å². The average molecular weight is 295 g/mol. The first-order chi connectivity index (χ1) is 11.4. The Hall–Kier alpha value is -2.93. The van der Waals surface area contributed by atoms with Crippen molar-refractivity contribution in [2.75, 3.05) is 0 Å². The van der Waals surface area contributed by atoms with Gasteiger partial charge in [-0.25, -0.2) is 0 Å². The van der Waals surface area contributed by atoms with Crippen molar-refractivity contribution in [3.8, 4) is 0 Å². The zero-order chi connectivity index (χ0) is 15.5. The lowest BCUT2D eigenvalue weighted by Gasteiger charge is -2.17. The predicted octanol–water partition coefficient (Wildman–Crippen LogP) is 5.40. The molecule has 0 spiro atoms. The number of hydrogen-bond acceptors (Lipinski definition) is 1. The fraction of sp³-hybridized carbons (Fsp3) is 0.0455.